The zero-order valence-corrected chi connectivity index (χ0v) is 15.7. The van der Waals surface area contributed by atoms with Gasteiger partial charge in [-0.3, -0.25) is 14.2 Å². The van der Waals surface area contributed by atoms with E-state index in [9.17, 15) is 9.59 Å². The van der Waals surface area contributed by atoms with Gasteiger partial charge in [-0.25, -0.2) is 4.98 Å². The molecule has 0 radical (unpaired) electrons. The SMILES string of the molecule is CC(C)=CCO[C@@H]1CCOC[C@@H]1NC(=O)Cn1cnc2ccccc2c1=O. The molecule has 7 heteroatoms. The Balaban J connectivity index is 1.64. The quantitative estimate of drug-likeness (QED) is 0.781. The number of ether oxygens (including phenoxy) is 2. The lowest BCUT2D eigenvalue weighted by molar-refractivity contribution is -0.126. The molecular weight excluding hydrogens is 346 g/mol. The first-order valence-electron chi connectivity index (χ1n) is 9.11. The van der Waals surface area contributed by atoms with E-state index in [-0.39, 0.29) is 30.2 Å². The summed E-state index contributed by atoms with van der Waals surface area (Å²) >= 11 is 0. The zero-order valence-electron chi connectivity index (χ0n) is 15.7. The molecule has 1 aromatic heterocycles. The summed E-state index contributed by atoms with van der Waals surface area (Å²) in [7, 11) is 0. The van der Waals surface area contributed by atoms with Crippen LogP contribution in [-0.2, 0) is 20.8 Å². The minimum Gasteiger partial charge on any atom is -0.379 e. The summed E-state index contributed by atoms with van der Waals surface area (Å²) in [6.45, 7) is 5.46. The van der Waals surface area contributed by atoms with E-state index in [0.717, 1.165) is 6.42 Å². The molecule has 0 aliphatic carbocycles. The van der Waals surface area contributed by atoms with Gasteiger partial charge in [0, 0.05) is 6.61 Å². The van der Waals surface area contributed by atoms with Crippen LogP contribution in [-0.4, -0.2) is 47.4 Å². The monoisotopic (exact) mass is 371 g/mol. The highest BCUT2D eigenvalue weighted by molar-refractivity contribution is 5.79. The first kappa shape index (κ1) is 19.3. The second-order valence-corrected chi connectivity index (χ2v) is 6.89. The number of amides is 1. The van der Waals surface area contributed by atoms with Gasteiger partial charge in [0.2, 0.25) is 5.91 Å². The number of carbonyl (C=O) groups excluding carboxylic acids is 1. The standard InChI is InChI=1S/C20H25N3O4/c1-14(2)7-10-27-18-8-9-26-12-17(18)22-19(24)11-23-13-21-16-6-4-3-5-15(16)20(23)25/h3-7,13,17-18H,8-12H2,1-2H3,(H,22,24)/t17-,18+/m0/s1. The second-order valence-electron chi connectivity index (χ2n) is 6.89. The molecule has 0 bridgehead atoms. The molecule has 3 rings (SSSR count). The maximum atomic E-state index is 12.5. The molecule has 1 fully saturated rings. The van der Waals surface area contributed by atoms with E-state index in [4.69, 9.17) is 9.47 Å². The highest BCUT2D eigenvalue weighted by Crippen LogP contribution is 2.12. The van der Waals surface area contributed by atoms with E-state index < -0.39 is 0 Å². The number of nitrogens with one attached hydrogen (secondary N) is 1. The van der Waals surface area contributed by atoms with Gasteiger partial charge in [-0.1, -0.05) is 23.8 Å². The van der Waals surface area contributed by atoms with Gasteiger partial charge in [-0.05, 0) is 32.4 Å². The van der Waals surface area contributed by atoms with E-state index >= 15 is 0 Å². The summed E-state index contributed by atoms with van der Waals surface area (Å²) in [4.78, 5) is 29.2. The van der Waals surface area contributed by atoms with E-state index in [1.54, 1.807) is 18.2 Å². The maximum Gasteiger partial charge on any atom is 0.261 e. The molecule has 2 heterocycles. The first-order chi connectivity index (χ1) is 13.0. The average molecular weight is 371 g/mol. The fourth-order valence-electron chi connectivity index (χ4n) is 3.02. The third kappa shape index (κ3) is 5.02. The smallest absolute Gasteiger partial charge is 0.261 e. The van der Waals surface area contributed by atoms with Crippen molar-refractivity contribution in [3.05, 3.63) is 52.6 Å². The lowest BCUT2D eigenvalue weighted by atomic mass is 10.1. The largest absolute Gasteiger partial charge is 0.379 e. The molecule has 1 saturated heterocycles. The van der Waals surface area contributed by atoms with Gasteiger partial charge in [-0.15, -0.1) is 0 Å². The Hall–Kier alpha value is -2.51. The lowest BCUT2D eigenvalue weighted by Gasteiger charge is -2.32. The number of allylic oxidation sites excluding steroid dienone is 1. The maximum absolute atomic E-state index is 12.5. The zero-order chi connectivity index (χ0) is 19.2. The average Bonchev–Trinajstić information content (AvgIpc) is 2.65. The fourth-order valence-corrected chi connectivity index (χ4v) is 3.02. The Bertz CT molecular complexity index is 886. The summed E-state index contributed by atoms with van der Waals surface area (Å²) in [5, 5.41) is 3.43. The number of carbonyl (C=O) groups is 1. The van der Waals surface area contributed by atoms with Crippen LogP contribution in [0.5, 0.6) is 0 Å². The molecule has 0 unspecified atom stereocenters. The Labute approximate surface area is 158 Å². The molecule has 144 valence electrons. The number of benzene rings is 1. The van der Waals surface area contributed by atoms with Crippen molar-refractivity contribution in [2.24, 2.45) is 0 Å². The van der Waals surface area contributed by atoms with Gasteiger partial charge in [0.15, 0.2) is 0 Å². The van der Waals surface area contributed by atoms with Crippen molar-refractivity contribution >= 4 is 16.8 Å². The second kappa shape index (κ2) is 8.92. The van der Waals surface area contributed by atoms with E-state index in [0.29, 0.717) is 30.7 Å². The molecule has 1 amide bonds. The van der Waals surface area contributed by atoms with Crippen LogP contribution in [0.2, 0.25) is 0 Å². The Morgan fingerprint density at radius 2 is 2.22 bits per heavy atom. The molecule has 1 aliphatic heterocycles. The van der Waals surface area contributed by atoms with Crippen LogP contribution in [0, 0.1) is 0 Å². The lowest BCUT2D eigenvalue weighted by Crippen LogP contribution is -2.51. The summed E-state index contributed by atoms with van der Waals surface area (Å²) in [6.07, 6.45) is 4.03. The van der Waals surface area contributed by atoms with Gasteiger partial charge < -0.3 is 14.8 Å². The van der Waals surface area contributed by atoms with Gasteiger partial charge >= 0.3 is 0 Å². The van der Waals surface area contributed by atoms with Crippen molar-refractivity contribution in [2.75, 3.05) is 19.8 Å². The van der Waals surface area contributed by atoms with Gasteiger partial charge in [0.05, 0.1) is 42.6 Å². The molecule has 2 atom stereocenters. The Morgan fingerprint density at radius 1 is 1.41 bits per heavy atom. The van der Waals surface area contributed by atoms with Crippen molar-refractivity contribution < 1.29 is 14.3 Å². The molecule has 27 heavy (non-hydrogen) atoms. The summed E-state index contributed by atoms with van der Waals surface area (Å²) in [5.74, 6) is -0.263. The third-order valence-electron chi connectivity index (χ3n) is 4.49. The normalized spacial score (nSPS) is 19.6. The van der Waals surface area contributed by atoms with Crippen molar-refractivity contribution in [3.8, 4) is 0 Å². The molecule has 7 nitrogen and oxygen atoms in total. The molecule has 2 aromatic rings. The fraction of sp³-hybridized carbons (Fsp3) is 0.450. The highest BCUT2D eigenvalue weighted by atomic mass is 16.5. The third-order valence-corrected chi connectivity index (χ3v) is 4.49. The molecule has 0 saturated carbocycles. The van der Waals surface area contributed by atoms with Gasteiger partial charge in [0.25, 0.3) is 5.56 Å². The van der Waals surface area contributed by atoms with Gasteiger partial charge in [-0.2, -0.15) is 0 Å². The molecule has 1 N–H and O–H groups in total. The van der Waals surface area contributed by atoms with Gasteiger partial charge in [0.1, 0.15) is 6.54 Å². The topological polar surface area (TPSA) is 82.4 Å². The van der Waals surface area contributed by atoms with E-state index in [2.05, 4.69) is 10.3 Å². The minimum absolute atomic E-state index is 0.0894. The van der Waals surface area contributed by atoms with Crippen LogP contribution in [0.25, 0.3) is 10.9 Å². The van der Waals surface area contributed by atoms with Crippen LogP contribution in [0.1, 0.15) is 20.3 Å². The molecular formula is C20H25N3O4. The number of hydrogen-bond donors (Lipinski definition) is 1. The molecule has 1 aliphatic rings. The number of fused-ring (bicyclic) bond motifs is 1. The predicted octanol–water partition coefficient (Wildman–Crippen LogP) is 1.65. The van der Waals surface area contributed by atoms with Crippen LogP contribution < -0.4 is 10.9 Å². The summed E-state index contributed by atoms with van der Waals surface area (Å²) in [5.41, 5.74) is 1.57. The van der Waals surface area contributed by atoms with Crippen molar-refractivity contribution in [2.45, 2.75) is 39.0 Å². The number of hydrogen-bond acceptors (Lipinski definition) is 5. The minimum atomic E-state index is -0.263. The van der Waals surface area contributed by atoms with Crippen molar-refractivity contribution in [1.82, 2.24) is 14.9 Å². The van der Waals surface area contributed by atoms with Crippen LogP contribution >= 0.6 is 0 Å². The first-order valence-corrected chi connectivity index (χ1v) is 9.11. The molecule has 0 spiro atoms. The Kier molecular flexibility index (Phi) is 6.36. The predicted molar refractivity (Wildman–Crippen MR) is 103 cm³/mol. The van der Waals surface area contributed by atoms with Crippen molar-refractivity contribution in [3.63, 3.8) is 0 Å². The molecule has 1 aromatic carbocycles. The number of nitrogens with zero attached hydrogens (tertiary/aromatic N) is 2. The Morgan fingerprint density at radius 3 is 3.04 bits per heavy atom. The van der Waals surface area contributed by atoms with Crippen LogP contribution in [0.15, 0.2) is 47.0 Å². The van der Waals surface area contributed by atoms with Crippen LogP contribution in [0.4, 0.5) is 0 Å². The number of para-hydroxylation sites is 1. The van der Waals surface area contributed by atoms with Crippen molar-refractivity contribution in [1.29, 1.82) is 0 Å². The van der Waals surface area contributed by atoms with Crippen LogP contribution in [0.3, 0.4) is 0 Å². The summed E-state index contributed by atoms with van der Waals surface area (Å²) in [6, 6.07) is 6.85. The summed E-state index contributed by atoms with van der Waals surface area (Å²) < 4.78 is 12.7. The number of rotatable bonds is 6. The van der Waals surface area contributed by atoms with E-state index in [1.165, 1.54) is 16.5 Å². The highest BCUT2D eigenvalue weighted by Gasteiger charge is 2.27. The van der Waals surface area contributed by atoms with E-state index in [1.807, 2.05) is 26.0 Å². The number of aromatic nitrogens is 2.